The highest BCUT2D eigenvalue weighted by molar-refractivity contribution is 7.80. The van der Waals surface area contributed by atoms with Crippen molar-refractivity contribution >= 4 is 33.6 Å². The van der Waals surface area contributed by atoms with Gasteiger partial charge in [-0.15, -0.1) is 0 Å². The highest BCUT2D eigenvalue weighted by Gasteiger charge is 2.37. The number of nitrogens with one attached hydrogen (secondary N) is 2. The molecule has 1 saturated carbocycles. The Balaban J connectivity index is 1.73. The average Bonchev–Trinajstić information content (AvgIpc) is 3.16. The van der Waals surface area contributed by atoms with Gasteiger partial charge < -0.3 is 24.6 Å². The van der Waals surface area contributed by atoms with Gasteiger partial charge in [0.1, 0.15) is 17.8 Å². The first kappa shape index (κ1) is 21.9. The average molecular weight is 421 g/mol. The largest absolute Gasteiger partial charge is 0.772 e. The molecule has 0 radical (unpaired) electrons. The van der Waals surface area contributed by atoms with Crippen LogP contribution in [0.2, 0.25) is 0 Å². The third kappa shape index (κ3) is 4.67. The van der Waals surface area contributed by atoms with Crippen molar-refractivity contribution in [1.82, 2.24) is 15.0 Å². The van der Waals surface area contributed by atoms with Crippen molar-refractivity contribution in [2.24, 2.45) is 11.8 Å². The molecule has 9 heteroatoms. The first-order valence-corrected chi connectivity index (χ1v) is 11.2. The Bertz CT molecular complexity index is 873. The molecule has 5 unspecified atom stereocenters. The van der Waals surface area contributed by atoms with Crippen molar-refractivity contribution in [2.45, 2.75) is 56.9 Å². The molecule has 6 atom stereocenters. The summed E-state index contributed by atoms with van der Waals surface area (Å²) in [6.07, 6.45) is 6.00. The van der Waals surface area contributed by atoms with Gasteiger partial charge in [-0.1, -0.05) is 6.92 Å². The van der Waals surface area contributed by atoms with E-state index in [-0.39, 0.29) is 29.7 Å². The maximum atomic E-state index is 12.0. The van der Waals surface area contributed by atoms with Gasteiger partial charge in [-0.05, 0) is 55.2 Å². The molecule has 2 N–H and O–H groups in total. The standard InChI is InChI=1S/C20H31N5O3S/c1-12-9-14(18(29(26)27)16(21)10-13(2)28-4)5-6-17(12)25(3)20-15-7-8-22-19(15)23-11-24-20/h7-8,11-14,17-18,21H,5-6,9-10H2,1-4H3,(H,26,27)(H,22,23,24)/p-1/t12?,13-,14?,17?,18?/m0/s1. The predicted octanol–water partition coefficient (Wildman–Crippen LogP) is 2.89. The molecular weight excluding hydrogens is 390 g/mol. The van der Waals surface area contributed by atoms with Crippen molar-refractivity contribution < 1.29 is 13.5 Å². The molecule has 0 aliphatic heterocycles. The van der Waals surface area contributed by atoms with E-state index in [0.717, 1.165) is 36.1 Å². The van der Waals surface area contributed by atoms with E-state index in [1.807, 2.05) is 26.2 Å². The Morgan fingerprint density at radius 3 is 2.90 bits per heavy atom. The topological polar surface area (TPSA) is 118 Å². The zero-order chi connectivity index (χ0) is 21.1. The lowest BCUT2D eigenvalue weighted by atomic mass is 9.75. The summed E-state index contributed by atoms with van der Waals surface area (Å²) in [7, 11) is 3.63. The van der Waals surface area contributed by atoms with Crippen LogP contribution < -0.4 is 4.90 Å². The lowest BCUT2D eigenvalue weighted by Gasteiger charge is -2.43. The molecule has 0 aromatic carbocycles. The number of nitrogens with zero attached hydrogens (tertiary/aromatic N) is 3. The van der Waals surface area contributed by atoms with E-state index in [1.165, 1.54) is 0 Å². The number of hydrogen-bond donors (Lipinski definition) is 2. The Morgan fingerprint density at radius 2 is 2.24 bits per heavy atom. The maximum absolute atomic E-state index is 12.0. The minimum absolute atomic E-state index is 0.0396. The third-order valence-electron chi connectivity index (χ3n) is 6.22. The van der Waals surface area contributed by atoms with Crippen LogP contribution in [0.3, 0.4) is 0 Å². The number of methoxy groups -OCH3 is 1. The number of ether oxygens (including phenoxy) is 1. The van der Waals surface area contributed by atoms with Crippen molar-refractivity contribution in [1.29, 1.82) is 5.41 Å². The van der Waals surface area contributed by atoms with Gasteiger partial charge in [0.2, 0.25) is 0 Å². The molecule has 1 aliphatic rings. The fourth-order valence-electron chi connectivity index (χ4n) is 4.64. The van der Waals surface area contributed by atoms with E-state index < -0.39 is 16.3 Å². The monoisotopic (exact) mass is 420 g/mol. The molecule has 0 spiro atoms. The summed E-state index contributed by atoms with van der Waals surface area (Å²) in [5.41, 5.74) is 1.06. The summed E-state index contributed by atoms with van der Waals surface area (Å²) < 4.78 is 29.1. The van der Waals surface area contributed by atoms with Crippen molar-refractivity contribution in [2.75, 3.05) is 19.1 Å². The van der Waals surface area contributed by atoms with Crippen LogP contribution in [0, 0.1) is 17.2 Å². The minimum atomic E-state index is -2.30. The summed E-state index contributed by atoms with van der Waals surface area (Å²) in [6.45, 7) is 4.02. The van der Waals surface area contributed by atoms with Gasteiger partial charge in [0.25, 0.3) is 0 Å². The molecule has 0 amide bonds. The molecule has 3 rings (SSSR count). The maximum Gasteiger partial charge on any atom is 0.142 e. The van der Waals surface area contributed by atoms with Gasteiger partial charge in [0.05, 0.1) is 16.7 Å². The van der Waals surface area contributed by atoms with Crippen molar-refractivity contribution in [3.63, 3.8) is 0 Å². The van der Waals surface area contributed by atoms with Crippen molar-refractivity contribution in [3.05, 3.63) is 18.6 Å². The number of aromatic nitrogens is 3. The Morgan fingerprint density at radius 1 is 1.48 bits per heavy atom. The molecule has 0 saturated heterocycles. The van der Waals surface area contributed by atoms with Crippen LogP contribution in [0.5, 0.6) is 0 Å². The van der Waals surface area contributed by atoms with Crippen LogP contribution in [0.15, 0.2) is 18.6 Å². The van der Waals surface area contributed by atoms with Gasteiger partial charge in [0.15, 0.2) is 0 Å². The summed E-state index contributed by atoms with van der Waals surface area (Å²) in [5, 5.41) is 8.60. The second-order valence-corrected chi connectivity index (χ2v) is 9.15. The quantitative estimate of drug-likeness (QED) is 0.501. The van der Waals surface area contributed by atoms with Crippen LogP contribution in [0.4, 0.5) is 5.82 Å². The highest BCUT2D eigenvalue weighted by atomic mass is 32.2. The van der Waals surface area contributed by atoms with Crippen LogP contribution in [-0.2, 0) is 15.8 Å². The summed E-state index contributed by atoms with van der Waals surface area (Å²) in [6, 6.07) is 2.24. The van der Waals surface area contributed by atoms with E-state index in [9.17, 15) is 8.76 Å². The lowest BCUT2D eigenvalue weighted by molar-refractivity contribution is 0.123. The lowest BCUT2D eigenvalue weighted by Crippen LogP contribution is -2.45. The Hall–Kier alpha value is -1.84. The molecule has 2 aromatic rings. The third-order valence-corrected chi connectivity index (χ3v) is 7.30. The molecule has 1 fully saturated rings. The highest BCUT2D eigenvalue weighted by Crippen LogP contribution is 2.37. The minimum Gasteiger partial charge on any atom is -0.772 e. The molecule has 160 valence electrons. The Labute approximate surface area is 174 Å². The smallest absolute Gasteiger partial charge is 0.142 e. The van der Waals surface area contributed by atoms with E-state index in [4.69, 9.17) is 10.1 Å². The Kier molecular flexibility index (Phi) is 7.02. The van der Waals surface area contributed by atoms with E-state index in [1.54, 1.807) is 13.4 Å². The van der Waals surface area contributed by atoms with Crippen LogP contribution in [-0.4, -0.2) is 61.0 Å². The molecule has 8 nitrogen and oxygen atoms in total. The number of rotatable bonds is 8. The van der Waals surface area contributed by atoms with Gasteiger partial charge in [-0.25, -0.2) is 9.97 Å². The fraction of sp³-hybridized carbons (Fsp3) is 0.650. The normalized spacial score (nSPS) is 25.5. The van der Waals surface area contributed by atoms with Gasteiger partial charge in [0, 0.05) is 38.5 Å². The molecular formula is C20H30N5O3S-. The number of hydrogen-bond acceptors (Lipinski definition) is 7. The summed E-state index contributed by atoms with van der Waals surface area (Å²) >= 11 is -2.30. The van der Waals surface area contributed by atoms with Crippen LogP contribution in [0.1, 0.15) is 39.5 Å². The molecule has 0 bridgehead atoms. The first-order chi connectivity index (χ1) is 13.8. The van der Waals surface area contributed by atoms with Gasteiger partial charge >= 0.3 is 0 Å². The first-order valence-electron chi connectivity index (χ1n) is 10.0. The second kappa shape index (κ2) is 9.32. The number of H-pyrrole nitrogens is 1. The van der Waals surface area contributed by atoms with E-state index in [2.05, 4.69) is 26.8 Å². The predicted molar refractivity (Wildman–Crippen MR) is 114 cm³/mol. The molecule has 29 heavy (non-hydrogen) atoms. The van der Waals surface area contributed by atoms with E-state index >= 15 is 0 Å². The molecule has 2 aromatic heterocycles. The van der Waals surface area contributed by atoms with Crippen LogP contribution >= 0.6 is 0 Å². The number of anilines is 1. The van der Waals surface area contributed by atoms with E-state index in [0.29, 0.717) is 6.42 Å². The summed E-state index contributed by atoms with van der Waals surface area (Å²) in [4.78, 5) is 14.1. The SMILES string of the molecule is CO[C@@H](C)CC(=N)C(C1CCC(N(C)c2ncnc3[nH]ccc23)C(C)C1)S(=O)[O-]. The zero-order valence-electron chi connectivity index (χ0n) is 17.4. The number of aromatic amines is 1. The van der Waals surface area contributed by atoms with Crippen LogP contribution in [0.25, 0.3) is 11.0 Å². The van der Waals surface area contributed by atoms with Gasteiger partial charge in [-0.2, -0.15) is 0 Å². The van der Waals surface area contributed by atoms with Gasteiger partial charge in [-0.3, -0.25) is 4.21 Å². The summed E-state index contributed by atoms with van der Waals surface area (Å²) in [5.74, 6) is 1.13. The van der Waals surface area contributed by atoms with Crippen molar-refractivity contribution in [3.8, 4) is 0 Å². The zero-order valence-corrected chi connectivity index (χ0v) is 18.2. The second-order valence-electron chi connectivity index (χ2n) is 8.12. The number of fused-ring (bicyclic) bond motifs is 1. The fourth-order valence-corrected chi connectivity index (χ4v) is 5.53. The molecule has 2 heterocycles. The molecule has 1 aliphatic carbocycles.